The molecule has 3 heteroatoms. The van der Waals surface area contributed by atoms with Gasteiger partial charge in [-0.05, 0) is 31.0 Å². The van der Waals surface area contributed by atoms with Crippen molar-refractivity contribution in [2.45, 2.75) is 168 Å². The number of hydrogen-bond acceptors (Lipinski definition) is 3. The number of carbonyl (C=O) groups excluding carboxylic acids is 2. The van der Waals surface area contributed by atoms with Gasteiger partial charge in [-0.15, -0.1) is 0 Å². The average molecular weight is 514 g/mol. The number of anilines is 1. The van der Waals surface area contributed by atoms with Crippen molar-refractivity contribution in [1.82, 2.24) is 0 Å². The van der Waals surface area contributed by atoms with Crippen LogP contribution >= 0.6 is 0 Å². The Morgan fingerprint density at radius 3 is 1.27 bits per heavy atom. The van der Waals surface area contributed by atoms with Gasteiger partial charge in [-0.3, -0.25) is 9.59 Å². The van der Waals surface area contributed by atoms with E-state index in [2.05, 4.69) is 13.8 Å². The van der Waals surface area contributed by atoms with Crippen molar-refractivity contribution >= 4 is 17.3 Å². The molecule has 0 saturated heterocycles. The predicted octanol–water partition coefficient (Wildman–Crippen LogP) is 11.0. The molecule has 37 heavy (non-hydrogen) atoms. The maximum atomic E-state index is 12.8. The van der Waals surface area contributed by atoms with Crippen LogP contribution in [-0.4, -0.2) is 11.6 Å². The number of nitrogens with two attached hydrogens (primary N) is 1. The normalized spacial score (nSPS) is 11.2. The fraction of sp³-hybridized carbons (Fsp3) is 0.765. The Morgan fingerprint density at radius 2 is 0.865 bits per heavy atom. The summed E-state index contributed by atoms with van der Waals surface area (Å²) in [6.45, 7) is 4.52. The van der Waals surface area contributed by atoms with Crippen LogP contribution in [0.25, 0.3) is 0 Å². The van der Waals surface area contributed by atoms with Gasteiger partial charge in [0.25, 0.3) is 0 Å². The SMILES string of the molecule is CCCCCCCCCCCCCC(=O)c1ccc(N)c(C(=O)CCCCCCCCCCCCC)c1. The number of Topliss-reactive ketones (excluding diaryl/α,β-unsaturated/α-hetero) is 2. The van der Waals surface area contributed by atoms with Gasteiger partial charge < -0.3 is 5.73 Å². The number of benzene rings is 1. The second-order valence-corrected chi connectivity index (χ2v) is 11.2. The lowest BCUT2D eigenvalue weighted by Gasteiger charge is -2.08. The molecule has 0 aliphatic carbocycles. The van der Waals surface area contributed by atoms with Gasteiger partial charge in [0.1, 0.15) is 0 Å². The molecule has 0 fully saturated rings. The molecule has 0 atom stereocenters. The molecule has 0 aromatic heterocycles. The van der Waals surface area contributed by atoms with Gasteiger partial charge in [-0.25, -0.2) is 0 Å². The molecule has 1 rings (SSSR count). The van der Waals surface area contributed by atoms with Crippen LogP contribution in [0.5, 0.6) is 0 Å². The van der Waals surface area contributed by atoms with Crippen molar-refractivity contribution in [2.24, 2.45) is 0 Å². The van der Waals surface area contributed by atoms with Crippen LogP contribution in [0.4, 0.5) is 5.69 Å². The molecule has 0 radical (unpaired) electrons. The van der Waals surface area contributed by atoms with E-state index < -0.39 is 0 Å². The van der Waals surface area contributed by atoms with Crippen LogP contribution in [0, 0.1) is 0 Å². The summed E-state index contributed by atoms with van der Waals surface area (Å²) in [7, 11) is 0. The maximum Gasteiger partial charge on any atom is 0.164 e. The van der Waals surface area contributed by atoms with Crippen molar-refractivity contribution in [3.8, 4) is 0 Å². The van der Waals surface area contributed by atoms with Gasteiger partial charge in [-0.1, -0.05) is 142 Å². The summed E-state index contributed by atoms with van der Waals surface area (Å²) < 4.78 is 0. The highest BCUT2D eigenvalue weighted by atomic mass is 16.1. The van der Waals surface area contributed by atoms with Crippen LogP contribution in [0.1, 0.15) is 189 Å². The fourth-order valence-electron chi connectivity index (χ4n) is 5.15. The van der Waals surface area contributed by atoms with Crippen LogP contribution < -0.4 is 5.73 Å². The third kappa shape index (κ3) is 17.5. The average Bonchev–Trinajstić information content (AvgIpc) is 2.90. The summed E-state index contributed by atoms with van der Waals surface area (Å²) in [5.74, 6) is 0.220. The zero-order chi connectivity index (χ0) is 27.0. The Labute approximate surface area is 229 Å². The first-order valence-electron chi connectivity index (χ1n) is 16.1. The summed E-state index contributed by atoms with van der Waals surface area (Å²) in [6.07, 6.45) is 29.1. The van der Waals surface area contributed by atoms with Crippen LogP contribution in [0.3, 0.4) is 0 Å². The zero-order valence-corrected chi connectivity index (χ0v) is 24.6. The topological polar surface area (TPSA) is 60.2 Å². The van der Waals surface area contributed by atoms with Gasteiger partial charge >= 0.3 is 0 Å². The van der Waals surface area contributed by atoms with Gasteiger partial charge in [0.2, 0.25) is 0 Å². The quantitative estimate of drug-likeness (QED) is 0.0761. The molecule has 1 aromatic carbocycles. The molecule has 2 N–H and O–H groups in total. The lowest BCUT2D eigenvalue weighted by atomic mass is 9.97. The Kier molecular flexibility index (Phi) is 21.2. The molecular formula is C34H59NO2. The van der Waals surface area contributed by atoms with E-state index in [1.165, 1.54) is 116 Å². The van der Waals surface area contributed by atoms with E-state index in [0.717, 1.165) is 25.7 Å². The Bertz CT molecular complexity index is 712. The van der Waals surface area contributed by atoms with E-state index in [4.69, 9.17) is 5.73 Å². The third-order valence-electron chi connectivity index (χ3n) is 7.69. The molecule has 0 amide bonds. The molecule has 1 aromatic rings. The van der Waals surface area contributed by atoms with E-state index in [1.54, 1.807) is 18.2 Å². The van der Waals surface area contributed by atoms with Crippen molar-refractivity contribution in [3.63, 3.8) is 0 Å². The Morgan fingerprint density at radius 1 is 0.514 bits per heavy atom. The molecule has 0 aliphatic heterocycles. The predicted molar refractivity (Wildman–Crippen MR) is 162 cm³/mol. The second kappa shape index (κ2) is 23.5. The molecule has 3 nitrogen and oxygen atoms in total. The molecule has 0 unspecified atom stereocenters. The second-order valence-electron chi connectivity index (χ2n) is 11.2. The minimum atomic E-state index is 0.0813. The minimum absolute atomic E-state index is 0.0813. The number of hydrogen-bond donors (Lipinski definition) is 1. The van der Waals surface area contributed by atoms with Crippen LogP contribution in [0.15, 0.2) is 18.2 Å². The highest BCUT2D eigenvalue weighted by Gasteiger charge is 2.14. The van der Waals surface area contributed by atoms with Crippen molar-refractivity contribution in [2.75, 3.05) is 5.73 Å². The number of carbonyl (C=O) groups is 2. The van der Waals surface area contributed by atoms with Gasteiger partial charge in [0, 0.05) is 29.7 Å². The number of unbranched alkanes of at least 4 members (excludes halogenated alkanes) is 20. The summed E-state index contributed by atoms with van der Waals surface area (Å²) in [5.41, 5.74) is 7.78. The molecule has 212 valence electrons. The first kappa shape index (κ1) is 33.4. The zero-order valence-electron chi connectivity index (χ0n) is 24.6. The van der Waals surface area contributed by atoms with Crippen LogP contribution in [0.2, 0.25) is 0 Å². The monoisotopic (exact) mass is 513 g/mol. The summed E-state index contributed by atoms with van der Waals surface area (Å²) in [4.78, 5) is 25.5. The lowest BCUT2D eigenvalue weighted by molar-refractivity contribution is 0.0978. The van der Waals surface area contributed by atoms with Gasteiger partial charge in [-0.2, -0.15) is 0 Å². The molecule has 0 heterocycles. The van der Waals surface area contributed by atoms with Crippen molar-refractivity contribution in [3.05, 3.63) is 29.3 Å². The molecule has 0 saturated carbocycles. The first-order valence-corrected chi connectivity index (χ1v) is 16.1. The summed E-state index contributed by atoms with van der Waals surface area (Å²) >= 11 is 0. The highest BCUT2D eigenvalue weighted by Crippen LogP contribution is 2.20. The highest BCUT2D eigenvalue weighted by molar-refractivity contribution is 6.04. The Balaban J connectivity index is 2.18. The summed E-state index contributed by atoms with van der Waals surface area (Å²) in [6, 6.07) is 5.27. The number of nitrogen functional groups attached to an aromatic ring is 1. The van der Waals surface area contributed by atoms with E-state index in [0.29, 0.717) is 29.7 Å². The first-order chi connectivity index (χ1) is 18.1. The largest absolute Gasteiger partial charge is 0.398 e. The standard InChI is InChI=1S/C34H59NO2/c1-3-5-7-9-11-13-15-17-19-21-23-25-33(36)30-27-28-32(35)31(29-30)34(37)26-24-22-20-18-16-14-12-10-8-6-4-2/h27-29H,3-26,35H2,1-2H3. The summed E-state index contributed by atoms with van der Waals surface area (Å²) in [5, 5.41) is 0. The van der Waals surface area contributed by atoms with Crippen molar-refractivity contribution in [1.29, 1.82) is 0 Å². The molecule has 0 spiro atoms. The van der Waals surface area contributed by atoms with E-state index >= 15 is 0 Å². The number of rotatable bonds is 26. The maximum absolute atomic E-state index is 12.8. The fourth-order valence-corrected chi connectivity index (χ4v) is 5.15. The van der Waals surface area contributed by atoms with E-state index in [9.17, 15) is 9.59 Å². The lowest BCUT2D eigenvalue weighted by Crippen LogP contribution is -2.07. The van der Waals surface area contributed by atoms with Crippen molar-refractivity contribution < 1.29 is 9.59 Å². The van der Waals surface area contributed by atoms with Gasteiger partial charge in [0.15, 0.2) is 11.6 Å². The van der Waals surface area contributed by atoms with E-state index in [-0.39, 0.29) is 11.6 Å². The minimum Gasteiger partial charge on any atom is -0.398 e. The smallest absolute Gasteiger partial charge is 0.164 e. The molecule has 0 bridgehead atoms. The molecule has 0 aliphatic rings. The molecular weight excluding hydrogens is 454 g/mol. The van der Waals surface area contributed by atoms with Gasteiger partial charge in [0.05, 0.1) is 0 Å². The third-order valence-corrected chi connectivity index (χ3v) is 7.69. The van der Waals surface area contributed by atoms with Crippen LogP contribution in [-0.2, 0) is 0 Å². The van der Waals surface area contributed by atoms with E-state index in [1.807, 2.05) is 0 Å². The Hall–Kier alpha value is -1.64. The number of ketones is 2.